The maximum absolute atomic E-state index is 13.1. The molecule has 3 heterocycles. The third-order valence-electron chi connectivity index (χ3n) is 10.3. The number of aliphatic hydroxyl groups is 10. The lowest BCUT2D eigenvalue weighted by molar-refractivity contribution is -0.366. The highest BCUT2D eigenvalue weighted by Gasteiger charge is 2.52. The molecule has 62 heavy (non-hydrogen) atoms. The second-order valence-electron chi connectivity index (χ2n) is 14.9. The van der Waals surface area contributed by atoms with Crippen LogP contribution >= 0.6 is 0 Å². The molecule has 24 heteroatoms. The number of ether oxygens (including phenoxy) is 7. The fourth-order valence-electron chi connectivity index (χ4n) is 6.71. The molecule has 24 nitrogen and oxygen atoms in total. The van der Waals surface area contributed by atoms with Gasteiger partial charge in [0.2, 0.25) is 11.8 Å². The number of carbonyl (C=O) groups is 4. The maximum Gasteiger partial charge on any atom is 0.306 e. The van der Waals surface area contributed by atoms with Crippen LogP contribution in [0.15, 0.2) is 30.3 Å². The molecule has 0 saturated carbocycles. The number of hydrogen-bond acceptors (Lipinski definition) is 21. The van der Waals surface area contributed by atoms with Crippen LogP contribution in [0.2, 0.25) is 0 Å². The Bertz CT molecular complexity index is 1540. The number of carbonyl (C=O) groups excluding carboxylic acids is 3. The van der Waals surface area contributed by atoms with Crippen molar-refractivity contribution in [3.05, 3.63) is 35.9 Å². The van der Waals surface area contributed by atoms with Gasteiger partial charge in [0.15, 0.2) is 18.9 Å². The summed E-state index contributed by atoms with van der Waals surface area (Å²) in [6.45, 7) is -2.95. The van der Waals surface area contributed by atoms with Crippen molar-refractivity contribution in [1.29, 1.82) is 0 Å². The van der Waals surface area contributed by atoms with Crippen LogP contribution in [-0.4, -0.2) is 211 Å². The van der Waals surface area contributed by atoms with Crippen molar-refractivity contribution in [3.8, 4) is 0 Å². The predicted octanol–water partition coefficient (Wildman–Crippen LogP) is -5.78. The van der Waals surface area contributed by atoms with E-state index in [1.54, 1.807) is 12.1 Å². The molecule has 1 aromatic rings. The molecule has 0 bridgehead atoms. The average Bonchev–Trinajstić information content (AvgIpc) is 3.26. The van der Waals surface area contributed by atoms with E-state index in [1.165, 1.54) is 0 Å². The molecule has 4 rings (SSSR count). The molecule has 352 valence electrons. The Balaban J connectivity index is 1.33. The number of nitrogens with one attached hydrogen (secondary N) is 2. The Morgan fingerprint density at radius 2 is 1.24 bits per heavy atom. The van der Waals surface area contributed by atoms with Crippen LogP contribution in [0.1, 0.15) is 44.1 Å². The summed E-state index contributed by atoms with van der Waals surface area (Å²) in [6.07, 6.45) is -26.4. The minimum Gasteiger partial charge on any atom is -0.481 e. The van der Waals surface area contributed by atoms with Crippen molar-refractivity contribution in [2.75, 3.05) is 33.0 Å². The second kappa shape index (κ2) is 25.1. The van der Waals surface area contributed by atoms with Gasteiger partial charge in [0, 0.05) is 25.8 Å². The molecule has 13 N–H and O–H groups in total. The number of benzene rings is 1. The number of hydrogen-bond donors (Lipinski definition) is 13. The van der Waals surface area contributed by atoms with Gasteiger partial charge in [-0.15, -0.1) is 0 Å². The molecule has 0 spiro atoms. The Hall–Kier alpha value is -3.54. The van der Waals surface area contributed by atoms with Crippen molar-refractivity contribution in [2.45, 2.75) is 143 Å². The van der Waals surface area contributed by atoms with Crippen LogP contribution < -0.4 is 10.6 Å². The SMILES string of the molecule is O=C(O)CC[C@H](NC(=O)CCCCC(=O)OCc1ccccc1)C(=O)NCCO[C@H]1O[C@H](CO[C@H]2O[C@H](CO)[C@@H](O)[C@H](O)[C@@H]2O)[C@@H](O)[C@H](O[C@H]2O[C@H](CO)[C@@H](O)[C@H](O)[C@@H]2O)[C@@H]1O. The second-order valence-corrected chi connectivity index (χ2v) is 14.9. The molecule has 16 atom stereocenters. The van der Waals surface area contributed by atoms with Crippen LogP contribution in [0.5, 0.6) is 0 Å². The molecule has 0 radical (unpaired) electrons. The third-order valence-corrected chi connectivity index (χ3v) is 10.3. The normalized spacial score (nSPS) is 34.2. The number of esters is 1. The monoisotopic (exact) mass is 894 g/mol. The molecule has 3 aliphatic rings. The number of unbranched alkanes of at least 4 members (excludes halogenated alkanes) is 1. The summed E-state index contributed by atoms with van der Waals surface area (Å²) in [5, 5.41) is 117. The fourth-order valence-corrected chi connectivity index (χ4v) is 6.71. The standard InChI is InChI=1S/C38H58N2O22/c41-14-20-26(47)29(50)31(52)36(59-20)58-17-22-28(49)34(62-38-32(53)30(51)27(48)21(15-42)60-38)33(54)37(61-22)56-13-12-39-35(55)19(10-11-24(44)45)40-23(43)8-4-5-9-25(46)57-16-18-6-2-1-3-7-18/h1-3,6-7,19-22,26-34,36-38,41-42,47-54H,4-5,8-17H2,(H,39,55)(H,40,43)(H,44,45)/t19-,20+,21+,22+,26+,27+,28+,29-,30-,31-,32-,33-,34-,36-,37-,38+/m0/s1. The zero-order valence-corrected chi connectivity index (χ0v) is 33.5. The van der Waals surface area contributed by atoms with Crippen LogP contribution in [0.25, 0.3) is 0 Å². The molecular weight excluding hydrogens is 836 g/mol. The first-order chi connectivity index (χ1) is 29.6. The van der Waals surface area contributed by atoms with Crippen molar-refractivity contribution < 1.29 is 109 Å². The predicted molar refractivity (Wildman–Crippen MR) is 202 cm³/mol. The van der Waals surface area contributed by atoms with Crippen molar-refractivity contribution in [3.63, 3.8) is 0 Å². The van der Waals surface area contributed by atoms with Crippen molar-refractivity contribution in [1.82, 2.24) is 10.6 Å². The van der Waals surface area contributed by atoms with Gasteiger partial charge in [-0.3, -0.25) is 19.2 Å². The number of aliphatic carboxylic acids is 1. The van der Waals surface area contributed by atoms with Gasteiger partial charge in [-0.25, -0.2) is 0 Å². The Morgan fingerprint density at radius 3 is 1.87 bits per heavy atom. The lowest BCUT2D eigenvalue weighted by Gasteiger charge is -2.46. The topological polar surface area (TPSA) is 379 Å². The van der Waals surface area contributed by atoms with Gasteiger partial charge in [-0.05, 0) is 24.8 Å². The van der Waals surface area contributed by atoms with Gasteiger partial charge >= 0.3 is 11.9 Å². The highest BCUT2D eigenvalue weighted by atomic mass is 16.7. The van der Waals surface area contributed by atoms with Crippen molar-refractivity contribution in [2.24, 2.45) is 0 Å². The molecule has 0 aliphatic carbocycles. The molecule has 1 aromatic carbocycles. The third kappa shape index (κ3) is 14.5. The summed E-state index contributed by atoms with van der Waals surface area (Å²) in [7, 11) is 0. The number of rotatable bonds is 23. The van der Waals surface area contributed by atoms with Crippen LogP contribution in [0.4, 0.5) is 0 Å². The van der Waals surface area contributed by atoms with Gasteiger partial charge < -0.3 is 100.0 Å². The first-order valence-electron chi connectivity index (χ1n) is 20.1. The summed E-state index contributed by atoms with van der Waals surface area (Å²) in [4.78, 5) is 49.2. The molecule has 3 saturated heterocycles. The fraction of sp³-hybridized carbons (Fsp3) is 0.737. The first-order valence-corrected chi connectivity index (χ1v) is 20.1. The van der Waals surface area contributed by atoms with E-state index in [4.69, 9.17) is 33.2 Å². The lowest BCUT2D eigenvalue weighted by Crippen LogP contribution is -2.65. The van der Waals surface area contributed by atoms with Gasteiger partial charge in [-0.2, -0.15) is 0 Å². The summed E-state index contributed by atoms with van der Waals surface area (Å²) in [5.41, 5.74) is 0.817. The van der Waals surface area contributed by atoms with E-state index in [0.29, 0.717) is 6.42 Å². The van der Waals surface area contributed by atoms with Gasteiger partial charge in [0.25, 0.3) is 0 Å². The lowest BCUT2D eigenvalue weighted by atomic mass is 9.96. The van der Waals surface area contributed by atoms with Gasteiger partial charge in [-0.1, -0.05) is 30.3 Å². The Labute approximate surface area is 354 Å². The largest absolute Gasteiger partial charge is 0.481 e. The van der Waals surface area contributed by atoms with Crippen LogP contribution in [-0.2, 0) is 58.9 Å². The number of amides is 2. The van der Waals surface area contributed by atoms with E-state index in [9.17, 15) is 75.3 Å². The molecular formula is C38H58N2O22. The molecule has 0 unspecified atom stereocenters. The molecule has 2 amide bonds. The van der Waals surface area contributed by atoms with E-state index >= 15 is 0 Å². The Kier molecular flexibility index (Phi) is 20.7. The average molecular weight is 895 g/mol. The first kappa shape index (κ1) is 51.1. The summed E-state index contributed by atoms with van der Waals surface area (Å²) in [6, 6.07) is 7.77. The molecule has 3 aliphatic heterocycles. The number of carboxylic acids is 1. The quantitative estimate of drug-likeness (QED) is 0.0359. The highest BCUT2D eigenvalue weighted by molar-refractivity contribution is 5.88. The van der Waals surface area contributed by atoms with Crippen molar-refractivity contribution >= 4 is 23.8 Å². The molecule has 3 fully saturated rings. The minimum atomic E-state index is -1.96. The van der Waals surface area contributed by atoms with Gasteiger partial charge in [0.05, 0.1) is 26.4 Å². The van der Waals surface area contributed by atoms with E-state index in [0.717, 1.165) is 5.56 Å². The maximum atomic E-state index is 13.1. The smallest absolute Gasteiger partial charge is 0.306 e. The van der Waals surface area contributed by atoms with Gasteiger partial charge in [0.1, 0.15) is 85.9 Å². The van der Waals surface area contributed by atoms with Crippen LogP contribution in [0, 0.1) is 0 Å². The Morgan fingerprint density at radius 1 is 0.661 bits per heavy atom. The van der Waals surface area contributed by atoms with E-state index in [1.807, 2.05) is 18.2 Å². The number of aliphatic hydroxyl groups excluding tert-OH is 10. The zero-order chi connectivity index (χ0) is 45.5. The summed E-state index contributed by atoms with van der Waals surface area (Å²) < 4.78 is 38.4. The molecule has 0 aromatic heterocycles. The zero-order valence-electron chi connectivity index (χ0n) is 33.5. The van der Waals surface area contributed by atoms with E-state index < -0.39 is 155 Å². The minimum absolute atomic E-state index is 0.0497. The van der Waals surface area contributed by atoms with E-state index in [2.05, 4.69) is 10.6 Å². The summed E-state index contributed by atoms with van der Waals surface area (Å²) in [5.74, 6) is -3.05. The highest BCUT2D eigenvalue weighted by Crippen LogP contribution is 2.31. The number of carboxylic acid groups (broad SMARTS) is 1. The van der Waals surface area contributed by atoms with Crippen LogP contribution in [0.3, 0.4) is 0 Å². The summed E-state index contributed by atoms with van der Waals surface area (Å²) >= 11 is 0. The van der Waals surface area contributed by atoms with E-state index in [-0.39, 0.29) is 38.8 Å².